The second-order valence-corrected chi connectivity index (χ2v) is 8.56. The third kappa shape index (κ3) is 5.30. The number of alkyl halides is 3. The summed E-state index contributed by atoms with van der Waals surface area (Å²) < 4.78 is 58.2. The maximum Gasteiger partial charge on any atom is 0.416 e. The minimum Gasteiger partial charge on any atom is -0.383 e. The Balaban J connectivity index is 1.58. The molecule has 2 aliphatic rings. The second-order valence-electron chi connectivity index (χ2n) is 8.56. The van der Waals surface area contributed by atoms with Crippen molar-refractivity contribution in [2.45, 2.75) is 25.2 Å². The minimum absolute atomic E-state index is 0.175. The normalized spacial score (nSPS) is 20.8. The van der Waals surface area contributed by atoms with Crippen LogP contribution in [0, 0.1) is 11.7 Å². The Morgan fingerprint density at radius 2 is 1.91 bits per heavy atom. The number of halogens is 4. The number of carbonyl (C=O) groups excluding carboxylic acids is 1. The van der Waals surface area contributed by atoms with Crippen LogP contribution in [-0.4, -0.2) is 56.7 Å². The van der Waals surface area contributed by atoms with E-state index in [9.17, 15) is 22.4 Å². The molecule has 1 fully saturated rings. The third-order valence-electron chi connectivity index (χ3n) is 6.38. The van der Waals surface area contributed by atoms with E-state index in [4.69, 9.17) is 4.74 Å². The van der Waals surface area contributed by atoms with Gasteiger partial charge < -0.3 is 15.0 Å². The SMILES string of the molecule is COCCNC(=O)[C@H]1Cc2cc(C(F)(F)F)ccc2N2CCN(Cc3ccc(F)cc3)C[C@H]12. The zero-order valence-electron chi connectivity index (χ0n) is 18.4. The van der Waals surface area contributed by atoms with Gasteiger partial charge in [0.15, 0.2) is 0 Å². The van der Waals surface area contributed by atoms with Gasteiger partial charge >= 0.3 is 6.18 Å². The molecule has 4 rings (SSSR count). The summed E-state index contributed by atoms with van der Waals surface area (Å²) in [6, 6.07) is 9.97. The van der Waals surface area contributed by atoms with E-state index >= 15 is 0 Å². The minimum atomic E-state index is -4.43. The van der Waals surface area contributed by atoms with Gasteiger partial charge in [-0.3, -0.25) is 9.69 Å². The number of nitrogens with one attached hydrogen (secondary N) is 1. The van der Waals surface area contributed by atoms with E-state index in [-0.39, 0.29) is 24.2 Å². The number of rotatable bonds is 6. The average Bonchev–Trinajstić information content (AvgIpc) is 2.79. The fourth-order valence-electron chi connectivity index (χ4n) is 4.76. The number of hydrogen-bond donors (Lipinski definition) is 1. The standard InChI is InChI=1S/C24H27F4N3O2/c1-33-11-8-29-23(32)20-13-17-12-18(24(26,27)28)4-7-21(17)31-10-9-30(15-22(20)31)14-16-2-5-19(25)6-3-16/h2-7,12,20,22H,8-11,13-15H2,1H3,(H,29,32)/t20-,22+/m0/s1. The number of benzene rings is 2. The molecule has 0 radical (unpaired) electrons. The van der Waals surface area contributed by atoms with E-state index in [0.29, 0.717) is 44.9 Å². The quantitative estimate of drug-likeness (QED) is 0.524. The molecule has 0 unspecified atom stereocenters. The van der Waals surface area contributed by atoms with Gasteiger partial charge in [0.2, 0.25) is 5.91 Å². The number of anilines is 1. The lowest BCUT2D eigenvalue weighted by Crippen LogP contribution is -2.61. The molecular weight excluding hydrogens is 438 g/mol. The highest BCUT2D eigenvalue weighted by atomic mass is 19.4. The van der Waals surface area contributed by atoms with Gasteiger partial charge in [0.1, 0.15) is 5.82 Å². The Bertz CT molecular complexity index is 981. The Morgan fingerprint density at radius 1 is 1.15 bits per heavy atom. The molecule has 33 heavy (non-hydrogen) atoms. The molecule has 178 valence electrons. The van der Waals surface area contributed by atoms with E-state index in [2.05, 4.69) is 15.1 Å². The van der Waals surface area contributed by atoms with Crippen molar-refractivity contribution in [2.75, 3.05) is 44.8 Å². The van der Waals surface area contributed by atoms with Gasteiger partial charge in [-0.15, -0.1) is 0 Å². The molecule has 0 bridgehead atoms. The Labute approximate surface area is 190 Å². The molecule has 9 heteroatoms. The molecule has 1 N–H and O–H groups in total. The molecule has 2 aromatic carbocycles. The molecular formula is C24H27F4N3O2. The van der Waals surface area contributed by atoms with E-state index in [1.807, 2.05) is 0 Å². The monoisotopic (exact) mass is 465 g/mol. The first kappa shape index (κ1) is 23.5. The fourth-order valence-corrected chi connectivity index (χ4v) is 4.76. The molecule has 2 atom stereocenters. The first-order chi connectivity index (χ1) is 15.8. The van der Waals surface area contributed by atoms with Crippen molar-refractivity contribution in [3.63, 3.8) is 0 Å². The van der Waals surface area contributed by atoms with Gasteiger partial charge in [0, 0.05) is 45.5 Å². The molecule has 2 heterocycles. The summed E-state index contributed by atoms with van der Waals surface area (Å²) in [5.74, 6) is -0.971. The van der Waals surface area contributed by atoms with Crippen LogP contribution in [0.4, 0.5) is 23.2 Å². The van der Waals surface area contributed by atoms with Gasteiger partial charge in [-0.1, -0.05) is 12.1 Å². The number of methoxy groups -OCH3 is 1. The largest absolute Gasteiger partial charge is 0.416 e. The molecule has 0 aromatic heterocycles. The van der Waals surface area contributed by atoms with Gasteiger partial charge in [0.05, 0.1) is 24.1 Å². The van der Waals surface area contributed by atoms with Gasteiger partial charge in [-0.05, 0) is 47.9 Å². The van der Waals surface area contributed by atoms with Crippen LogP contribution in [-0.2, 0) is 28.7 Å². The second kappa shape index (κ2) is 9.69. The predicted octanol–water partition coefficient (Wildman–Crippen LogP) is 3.47. The zero-order valence-corrected chi connectivity index (χ0v) is 18.4. The summed E-state index contributed by atoms with van der Waals surface area (Å²) in [5, 5.41) is 2.86. The van der Waals surface area contributed by atoms with Gasteiger partial charge in [-0.25, -0.2) is 4.39 Å². The summed E-state index contributed by atoms with van der Waals surface area (Å²) in [4.78, 5) is 17.3. The van der Waals surface area contributed by atoms with Crippen molar-refractivity contribution in [3.05, 3.63) is 65.0 Å². The maximum atomic E-state index is 13.3. The summed E-state index contributed by atoms with van der Waals surface area (Å²) in [6.45, 7) is 3.17. The summed E-state index contributed by atoms with van der Waals surface area (Å²) in [6.07, 6.45) is -4.19. The lowest BCUT2D eigenvalue weighted by Gasteiger charge is -2.49. The van der Waals surface area contributed by atoms with Crippen LogP contribution in [0.1, 0.15) is 16.7 Å². The first-order valence-electron chi connectivity index (χ1n) is 11.0. The fraction of sp³-hybridized carbons (Fsp3) is 0.458. The van der Waals surface area contributed by atoms with Crippen LogP contribution in [0.25, 0.3) is 0 Å². The van der Waals surface area contributed by atoms with E-state index in [1.54, 1.807) is 12.1 Å². The van der Waals surface area contributed by atoms with Crippen LogP contribution in [0.2, 0.25) is 0 Å². The highest BCUT2D eigenvalue weighted by molar-refractivity contribution is 5.82. The number of fused-ring (bicyclic) bond motifs is 3. The van der Waals surface area contributed by atoms with Crippen LogP contribution in [0.15, 0.2) is 42.5 Å². The number of hydrogen-bond acceptors (Lipinski definition) is 4. The van der Waals surface area contributed by atoms with Crippen molar-refractivity contribution in [2.24, 2.45) is 5.92 Å². The number of ether oxygens (including phenoxy) is 1. The lowest BCUT2D eigenvalue weighted by atomic mass is 9.82. The molecule has 0 spiro atoms. The van der Waals surface area contributed by atoms with Gasteiger partial charge in [0.25, 0.3) is 0 Å². The first-order valence-corrected chi connectivity index (χ1v) is 11.0. The van der Waals surface area contributed by atoms with Gasteiger partial charge in [-0.2, -0.15) is 13.2 Å². The smallest absolute Gasteiger partial charge is 0.383 e. The predicted molar refractivity (Wildman–Crippen MR) is 116 cm³/mol. The highest BCUT2D eigenvalue weighted by Crippen LogP contribution is 2.39. The van der Waals surface area contributed by atoms with E-state index in [0.717, 1.165) is 17.3 Å². The molecule has 0 saturated carbocycles. The van der Waals surface area contributed by atoms with Crippen LogP contribution >= 0.6 is 0 Å². The highest BCUT2D eigenvalue weighted by Gasteiger charge is 2.42. The van der Waals surface area contributed by atoms with Crippen molar-refractivity contribution in [1.82, 2.24) is 10.2 Å². The molecule has 2 aliphatic heterocycles. The molecule has 1 amide bonds. The van der Waals surface area contributed by atoms with Crippen LogP contribution in [0.5, 0.6) is 0 Å². The molecule has 1 saturated heterocycles. The Morgan fingerprint density at radius 3 is 2.61 bits per heavy atom. The topological polar surface area (TPSA) is 44.8 Å². The van der Waals surface area contributed by atoms with E-state index in [1.165, 1.54) is 31.4 Å². The van der Waals surface area contributed by atoms with E-state index < -0.39 is 17.7 Å². The number of piperazine rings is 1. The lowest BCUT2D eigenvalue weighted by molar-refractivity contribution is -0.137. The number of nitrogens with zero attached hydrogens (tertiary/aromatic N) is 2. The average molecular weight is 465 g/mol. The third-order valence-corrected chi connectivity index (χ3v) is 6.38. The van der Waals surface area contributed by atoms with Crippen molar-refractivity contribution in [3.8, 4) is 0 Å². The Kier molecular flexibility index (Phi) is 6.90. The molecule has 0 aliphatic carbocycles. The zero-order chi connectivity index (χ0) is 23.6. The Hall–Kier alpha value is -2.65. The molecule has 5 nitrogen and oxygen atoms in total. The van der Waals surface area contributed by atoms with Crippen molar-refractivity contribution >= 4 is 11.6 Å². The van der Waals surface area contributed by atoms with Crippen molar-refractivity contribution in [1.29, 1.82) is 0 Å². The summed E-state index contributed by atoms with van der Waals surface area (Å²) >= 11 is 0. The maximum absolute atomic E-state index is 13.3. The van der Waals surface area contributed by atoms with Crippen LogP contribution < -0.4 is 10.2 Å². The number of amides is 1. The van der Waals surface area contributed by atoms with Crippen LogP contribution in [0.3, 0.4) is 0 Å². The van der Waals surface area contributed by atoms with Crippen molar-refractivity contribution < 1.29 is 27.1 Å². The molecule has 2 aromatic rings. The number of carbonyl (C=O) groups is 1. The summed E-state index contributed by atoms with van der Waals surface area (Å²) in [7, 11) is 1.54. The summed E-state index contributed by atoms with van der Waals surface area (Å²) in [5.41, 5.74) is 1.57.